The van der Waals surface area contributed by atoms with Crippen molar-refractivity contribution < 1.29 is 17.9 Å². The van der Waals surface area contributed by atoms with Crippen LogP contribution in [0.25, 0.3) is 0 Å². The number of rotatable bonds is 8. The topological polar surface area (TPSA) is 87.7 Å². The van der Waals surface area contributed by atoms with E-state index in [1.807, 2.05) is 12.1 Å². The third-order valence-electron chi connectivity index (χ3n) is 4.79. The zero-order chi connectivity index (χ0) is 20.7. The fourth-order valence-corrected chi connectivity index (χ4v) is 3.65. The maximum absolute atomic E-state index is 12.3. The molecule has 8 heteroatoms. The first kappa shape index (κ1) is 21.3. The molecule has 7 nitrogen and oxygen atoms in total. The number of ether oxygens (including phenoxy) is 1. The van der Waals surface area contributed by atoms with Gasteiger partial charge in [0.05, 0.1) is 19.0 Å². The van der Waals surface area contributed by atoms with Crippen LogP contribution in [0.5, 0.6) is 0 Å². The Hall–Kier alpha value is -2.42. The van der Waals surface area contributed by atoms with Gasteiger partial charge in [-0.25, -0.2) is 8.42 Å². The summed E-state index contributed by atoms with van der Waals surface area (Å²) in [5.41, 5.74) is 3.19. The molecule has 3 rings (SSSR count). The van der Waals surface area contributed by atoms with Gasteiger partial charge in [-0.2, -0.15) is 0 Å². The van der Waals surface area contributed by atoms with Crippen molar-refractivity contribution in [1.82, 2.24) is 10.2 Å². The molecule has 1 amide bonds. The van der Waals surface area contributed by atoms with Gasteiger partial charge in [-0.15, -0.1) is 0 Å². The monoisotopic (exact) mass is 417 g/mol. The Morgan fingerprint density at radius 2 is 1.62 bits per heavy atom. The van der Waals surface area contributed by atoms with Crippen LogP contribution in [-0.4, -0.2) is 51.3 Å². The summed E-state index contributed by atoms with van der Waals surface area (Å²) < 4.78 is 31.0. The van der Waals surface area contributed by atoms with E-state index in [1.54, 1.807) is 31.2 Å². The number of morpholine rings is 1. The van der Waals surface area contributed by atoms with E-state index in [0.29, 0.717) is 17.8 Å². The smallest absolute Gasteiger partial charge is 0.251 e. The van der Waals surface area contributed by atoms with Crippen LogP contribution in [0, 0.1) is 0 Å². The summed E-state index contributed by atoms with van der Waals surface area (Å²) in [7, 11) is -3.32. The lowest BCUT2D eigenvalue weighted by molar-refractivity contribution is 0.0342. The molecule has 0 aliphatic carbocycles. The Morgan fingerprint density at radius 3 is 2.24 bits per heavy atom. The van der Waals surface area contributed by atoms with E-state index in [0.717, 1.165) is 38.4 Å². The summed E-state index contributed by atoms with van der Waals surface area (Å²) in [6.07, 6.45) is 0. The van der Waals surface area contributed by atoms with Crippen molar-refractivity contribution in [3.8, 4) is 0 Å². The minimum absolute atomic E-state index is 0.000470. The van der Waals surface area contributed by atoms with E-state index in [2.05, 4.69) is 27.1 Å². The first-order chi connectivity index (χ1) is 13.9. The van der Waals surface area contributed by atoms with Gasteiger partial charge in [0.1, 0.15) is 0 Å². The number of nitrogens with one attached hydrogen (secondary N) is 2. The number of sulfonamides is 1. The Balaban J connectivity index is 1.49. The molecule has 2 aromatic rings. The van der Waals surface area contributed by atoms with Crippen molar-refractivity contribution in [3.05, 3.63) is 65.2 Å². The molecular formula is C21H27N3O4S. The van der Waals surface area contributed by atoms with Crippen molar-refractivity contribution in [1.29, 1.82) is 0 Å². The summed E-state index contributed by atoms with van der Waals surface area (Å²) in [4.78, 5) is 14.7. The van der Waals surface area contributed by atoms with Gasteiger partial charge >= 0.3 is 0 Å². The Morgan fingerprint density at radius 1 is 1.00 bits per heavy atom. The van der Waals surface area contributed by atoms with Gasteiger partial charge in [-0.1, -0.05) is 24.3 Å². The zero-order valence-corrected chi connectivity index (χ0v) is 17.4. The van der Waals surface area contributed by atoms with Crippen molar-refractivity contribution in [2.45, 2.75) is 20.0 Å². The lowest BCUT2D eigenvalue weighted by atomic mass is 10.1. The van der Waals surface area contributed by atoms with Gasteiger partial charge in [0.25, 0.3) is 5.91 Å². The normalized spacial score (nSPS) is 15.1. The molecule has 1 heterocycles. The van der Waals surface area contributed by atoms with Crippen molar-refractivity contribution in [2.24, 2.45) is 0 Å². The van der Waals surface area contributed by atoms with Gasteiger partial charge < -0.3 is 10.1 Å². The number of hydrogen-bond donors (Lipinski definition) is 2. The molecular weight excluding hydrogens is 390 g/mol. The first-order valence-corrected chi connectivity index (χ1v) is 11.4. The number of carbonyl (C=O) groups is 1. The number of benzene rings is 2. The number of hydrogen-bond acceptors (Lipinski definition) is 5. The maximum atomic E-state index is 12.3. The second kappa shape index (κ2) is 9.87. The second-order valence-corrected chi connectivity index (χ2v) is 8.98. The number of anilines is 1. The van der Waals surface area contributed by atoms with Crippen LogP contribution >= 0.6 is 0 Å². The highest BCUT2D eigenvalue weighted by atomic mass is 32.2. The molecule has 0 atom stereocenters. The third-order valence-corrected chi connectivity index (χ3v) is 6.09. The molecule has 0 radical (unpaired) electrons. The molecule has 1 saturated heterocycles. The fraction of sp³-hybridized carbons (Fsp3) is 0.381. The highest BCUT2D eigenvalue weighted by Gasteiger charge is 2.11. The molecule has 0 unspecified atom stereocenters. The molecule has 2 aromatic carbocycles. The molecule has 0 aromatic heterocycles. The zero-order valence-electron chi connectivity index (χ0n) is 16.6. The van der Waals surface area contributed by atoms with Gasteiger partial charge in [0.2, 0.25) is 10.0 Å². The SMILES string of the molecule is CCS(=O)(=O)Nc1ccc(C(=O)NCc2ccc(CN3CCOCC3)cc2)cc1. The Bertz CT molecular complexity index is 906. The summed E-state index contributed by atoms with van der Waals surface area (Å²) >= 11 is 0. The quantitative estimate of drug-likeness (QED) is 0.688. The van der Waals surface area contributed by atoms with Crippen LogP contribution in [-0.2, 0) is 27.8 Å². The van der Waals surface area contributed by atoms with E-state index in [-0.39, 0.29) is 11.7 Å². The van der Waals surface area contributed by atoms with E-state index in [1.165, 1.54) is 5.56 Å². The molecule has 1 fully saturated rings. The van der Waals surface area contributed by atoms with Crippen LogP contribution in [0.4, 0.5) is 5.69 Å². The lowest BCUT2D eigenvalue weighted by Gasteiger charge is -2.26. The van der Waals surface area contributed by atoms with Crippen LogP contribution in [0.1, 0.15) is 28.4 Å². The van der Waals surface area contributed by atoms with Crippen LogP contribution < -0.4 is 10.0 Å². The van der Waals surface area contributed by atoms with Crippen LogP contribution in [0.2, 0.25) is 0 Å². The molecule has 2 N–H and O–H groups in total. The molecule has 1 aliphatic heterocycles. The largest absolute Gasteiger partial charge is 0.379 e. The summed E-state index contributed by atoms with van der Waals surface area (Å²) in [6.45, 7) is 6.39. The highest BCUT2D eigenvalue weighted by molar-refractivity contribution is 7.92. The average molecular weight is 418 g/mol. The fourth-order valence-electron chi connectivity index (χ4n) is 3.01. The molecule has 0 saturated carbocycles. The molecule has 0 bridgehead atoms. The van der Waals surface area contributed by atoms with E-state index in [9.17, 15) is 13.2 Å². The van der Waals surface area contributed by atoms with Crippen LogP contribution in [0.15, 0.2) is 48.5 Å². The minimum atomic E-state index is -3.32. The predicted molar refractivity (Wildman–Crippen MR) is 113 cm³/mol. The number of nitrogens with zero attached hydrogens (tertiary/aromatic N) is 1. The van der Waals surface area contributed by atoms with Gasteiger partial charge in [-0.05, 0) is 42.3 Å². The highest BCUT2D eigenvalue weighted by Crippen LogP contribution is 2.12. The first-order valence-electron chi connectivity index (χ1n) is 9.72. The van der Waals surface area contributed by atoms with Gasteiger partial charge in [-0.3, -0.25) is 14.4 Å². The van der Waals surface area contributed by atoms with E-state index < -0.39 is 10.0 Å². The molecule has 0 spiro atoms. The standard InChI is InChI=1S/C21H27N3O4S/c1-2-29(26,27)23-20-9-7-19(8-10-20)21(25)22-15-17-3-5-18(6-4-17)16-24-11-13-28-14-12-24/h3-10,23H,2,11-16H2,1H3,(H,22,25). The van der Waals surface area contributed by atoms with Crippen LogP contribution in [0.3, 0.4) is 0 Å². The molecule has 29 heavy (non-hydrogen) atoms. The van der Waals surface area contributed by atoms with Crippen molar-refractivity contribution in [2.75, 3.05) is 36.8 Å². The van der Waals surface area contributed by atoms with Crippen molar-refractivity contribution in [3.63, 3.8) is 0 Å². The molecule has 1 aliphatic rings. The van der Waals surface area contributed by atoms with E-state index >= 15 is 0 Å². The summed E-state index contributed by atoms with van der Waals surface area (Å²) in [5, 5.41) is 2.89. The Kier molecular flexibility index (Phi) is 7.24. The second-order valence-electron chi connectivity index (χ2n) is 6.97. The van der Waals surface area contributed by atoms with Gasteiger partial charge in [0.15, 0.2) is 0 Å². The number of amides is 1. The van der Waals surface area contributed by atoms with Crippen molar-refractivity contribution >= 4 is 21.6 Å². The maximum Gasteiger partial charge on any atom is 0.251 e. The number of carbonyl (C=O) groups excluding carboxylic acids is 1. The summed E-state index contributed by atoms with van der Waals surface area (Å²) in [5.74, 6) is -0.201. The average Bonchev–Trinajstić information content (AvgIpc) is 2.74. The summed E-state index contributed by atoms with van der Waals surface area (Å²) in [6, 6.07) is 14.6. The lowest BCUT2D eigenvalue weighted by Crippen LogP contribution is -2.35. The third kappa shape index (κ3) is 6.56. The van der Waals surface area contributed by atoms with E-state index in [4.69, 9.17) is 4.74 Å². The Labute approximate surface area is 172 Å². The molecule has 156 valence electrons. The van der Waals surface area contributed by atoms with Gasteiger partial charge in [0, 0.05) is 37.4 Å². The predicted octanol–water partition coefficient (Wildman–Crippen LogP) is 2.21. The minimum Gasteiger partial charge on any atom is -0.379 e.